The third-order valence-corrected chi connectivity index (χ3v) is 5.02. The number of hydrogen-bond acceptors (Lipinski definition) is 5. The van der Waals surface area contributed by atoms with Gasteiger partial charge in [0.05, 0.1) is 25.8 Å². The van der Waals surface area contributed by atoms with E-state index in [9.17, 15) is 14.4 Å². The fourth-order valence-electron chi connectivity index (χ4n) is 3.49. The standard InChI is InChI=1S/C19H25N3O5/c1-26-13-6-7-16(27-2)15(10-13)22-11-12(9-17(22)23)18(24)21-14-5-3-4-8-20-19(14)25/h6-7,10,12,14H,3-5,8-9,11H2,1-2H3,(H,20,25)(H,21,24). The monoisotopic (exact) mass is 375 g/mol. The Morgan fingerprint density at radius 1 is 1.22 bits per heavy atom. The number of carbonyl (C=O) groups is 3. The van der Waals surface area contributed by atoms with Crippen LogP contribution >= 0.6 is 0 Å². The summed E-state index contributed by atoms with van der Waals surface area (Å²) in [5.74, 6) is 0.0396. The first-order valence-corrected chi connectivity index (χ1v) is 9.14. The molecule has 0 aromatic heterocycles. The van der Waals surface area contributed by atoms with Gasteiger partial charge < -0.3 is 25.0 Å². The summed E-state index contributed by atoms with van der Waals surface area (Å²) in [5.41, 5.74) is 0.573. The molecule has 2 aliphatic rings. The van der Waals surface area contributed by atoms with Crippen molar-refractivity contribution in [1.82, 2.24) is 10.6 Å². The van der Waals surface area contributed by atoms with E-state index in [4.69, 9.17) is 9.47 Å². The van der Waals surface area contributed by atoms with Gasteiger partial charge in [-0.3, -0.25) is 14.4 Å². The maximum absolute atomic E-state index is 12.6. The van der Waals surface area contributed by atoms with E-state index < -0.39 is 12.0 Å². The second-order valence-electron chi connectivity index (χ2n) is 6.79. The fraction of sp³-hybridized carbons (Fsp3) is 0.526. The number of benzene rings is 1. The van der Waals surface area contributed by atoms with Gasteiger partial charge in [0.2, 0.25) is 17.7 Å². The summed E-state index contributed by atoms with van der Waals surface area (Å²) in [4.78, 5) is 38.8. The highest BCUT2D eigenvalue weighted by Crippen LogP contribution is 2.36. The van der Waals surface area contributed by atoms with Crippen LogP contribution in [-0.2, 0) is 14.4 Å². The van der Waals surface area contributed by atoms with Crippen molar-refractivity contribution in [1.29, 1.82) is 0 Å². The van der Waals surface area contributed by atoms with Gasteiger partial charge in [-0.2, -0.15) is 0 Å². The number of amides is 3. The minimum Gasteiger partial charge on any atom is -0.497 e. The molecule has 0 aliphatic carbocycles. The van der Waals surface area contributed by atoms with Gasteiger partial charge in [0.1, 0.15) is 17.5 Å². The van der Waals surface area contributed by atoms with Crippen LogP contribution < -0.4 is 25.0 Å². The zero-order valence-electron chi connectivity index (χ0n) is 15.6. The van der Waals surface area contributed by atoms with Crippen LogP contribution in [0.25, 0.3) is 0 Å². The number of ether oxygens (including phenoxy) is 2. The number of nitrogens with zero attached hydrogens (tertiary/aromatic N) is 1. The van der Waals surface area contributed by atoms with Crippen LogP contribution in [0.1, 0.15) is 25.7 Å². The molecule has 0 spiro atoms. The number of methoxy groups -OCH3 is 2. The van der Waals surface area contributed by atoms with E-state index in [2.05, 4.69) is 10.6 Å². The van der Waals surface area contributed by atoms with Crippen molar-refractivity contribution in [3.63, 3.8) is 0 Å². The quantitative estimate of drug-likeness (QED) is 0.795. The van der Waals surface area contributed by atoms with Crippen LogP contribution in [0, 0.1) is 5.92 Å². The number of hydrogen-bond donors (Lipinski definition) is 2. The SMILES string of the molecule is COc1ccc(OC)c(N2CC(C(=O)NC3CCCCNC3=O)CC2=O)c1. The van der Waals surface area contributed by atoms with Crippen molar-refractivity contribution in [2.45, 2.75) is 31.7 Å². The van der Waals surface area contributed by atoms with Crippen molar-refractivity contribution < 1.29 is 23.9 Å². The molecule has 8 nitrogen and oxygen atoms in total. The summed E-state index contributed by atoms with van der Waals surface area (Å²) in [6, 6.07) is 4.66. The van der Waals surface area contributed by atoms with Crippen LogP contribution in [0.15, 0.2) is 18.2 Å². The minimum atomic E-state index is -0.532. The Labute approximate surface area is 158 Å². The molecule has 1 aromatic rings. The van der Waals surface area contributed by atoms with Crippen molar-refractivity contribution in [2.24, 2.45) is 5.92 Å². The van der Waals surface area contributed by atoms with E-state index in [0.717, 1.165) is 12.8 Å². The number of nitrogens with one attached hydrogen (secondary N) is 2. The van der Waals surface area contributed by atoms with Crippen molar-refractivity contribution in [2.75, 3.05) is 32.2 Å². The van der Waals surface area contributed by atoms with Gasteiger partial charge in [-0.25, -0.2) is 0 Å². The Hall–Kier alpha value is -2.77. The van der Waals surface area contributed by atoms with Crippen molar-refractivity contribution in [3.8, 4) is 11.5 Å². The lowest BCUT2D eigenvalue weighted by molar-refractivity contribution is -0.131. The average molecular weight is 375 g/mol. The number of rotatable bonds is 5. The molecular weight excluding hydrogens is 350 g/mol. The van der Waals surface area contributed by atoms with Crippen LogP contribution in [0.5, 0.6) is 11.5 Å². The summed E-state index contributed by atoms with van der Waals surface area (Å²) >= 11 is 0. The maximum Gasteiger partial charge on any atom is 0.242 e. The van der Waals surface area contributed by atoms with Gasteiger partial charge in [-0.15, -0.1) is 0 Å². The Balaban J connectivity index is 1.71. The highest BCUT2D eigenvalue weighted by molar-refractivity contribution is 6.02. The van der Waals surface area contributed by atoms with Gasteiger partial charge >= 0.3 is 0 Å². The Bertz CT molecular complexity index is 736. The highest BCUT2D eigenvalue weighted by Gasteiger charge is 2.37. The molecule has 27 heavy (non-hydrogen) atoms. The number of anilines is 1. The van der Waals surface area contributed by atoms with E-state index in [-0.39, 0.29) is 30.7 Å². The molecule has 2 aliphatic heterocycles. The van der Waals surface area contributed by atoms with Gasteiger partial charge in [-0.1, -0.05) is 0 Å². The lowest BCUT2D eigenvalue weighted by Crippen LogP contribution is -2.47. The second-order valence-corrected chi connectivity index (χ2v) is 6.79. The molecule has 2 unspecified atom stereocenters. The van der Waals surface area contributed by atoms with Crippen LogP contribution in [-0.4, -0.2) is 51.1 Å². The summed E-state index contributed by atoms with van der Waals surface area (Å²) in [5, 5.41) is 5.61. The predicted molar refractivity (Wildman–Crippen MR) is 98.8 cm³/mol. The molecule has 146 valence electrons. The number of carbonyl (C=O) groups excluding carboxylic acids is 3. The minimum absolute atomic E-state index is 0.0978. The molecule has 2 atom stereocenters. The van der Waals surface area contributed by atoms with Crippen molar-refractivity contribution in [3.05, 3.63) is 18.2 Å². The molecule has 2 fully saturated rings. The zero-order chi connectivity index (χ0) is 19.4. The van der Waals surface area contributed by atoms with Gasteiger partial charge in [0.15, 0.2) is 0 Å². The van der Waals surface area contributed by atoms with Crippen LogP contribution in [0.3, 0.4) is 0 Å². The lowest BCUT2D eigenvalue weighted by atomic mass is 10.1. The molecule has 0 radical (unpaired) electrons. The molecule has 3 rings (SSSR count). The fourth-order valence-corrected chi connectivity index (χ4v) is 3.49. The lowest BCUT2D eigenvalue weighted by Gasteiger charge is -2.21. The van der Waals surface area contributed by atoms with Crippen LogP contribution in [0.2, 0.25) is 0 Å². The first kappa shape index (κ1) is 19.0. The third-order valence-electron chi connectivity index (χ3n) is 5.02. The first-order valence-electron chi connectivity index (χ1n) is 9.14. The average Bonchev–Trinajstić information content (AvgIpc) is 2.96. The smallest absolute Gasteiger partial charge is 0.242 e. The topological polar surface area (TPSA) is 97.0 Å². The summed E-state index contributed by atoms with van der Waals surface area (Å²) in [7, 11) is 3.08. The molecule has 0 saturated carbocycles. The Morgan fingerprint density at radius 2 is 2.04 bits per heavy atom. The van der Waals surface area contributed by atoms with E-state index >= 15 is 0 Å². The molecule has 1 aromatic carbocycles. The van der Waals surface area contributed by atoms with E-state index in [0.29, 0.717) is 30.2 Å². The molecule has 2 heterocycles. The second kappa shape index (κ2) is 8.28. The molecule has 0 bridgehead atoms. The summed E-state index contributed by atoms with van der Waals surface area (Å²) in [6.45, 7) is 0.874. The molecule has 8 heteroatoms. The molecule has 2 N–H and O–H groups in total. The normalized spacial score (nSPS) is 22.8. The van der Waals surface area contributed by atoms with Gasteiger partial charge in [0.25, 0.3) is 0 Å². The predicted octanol–water partition coefficient (Wildman–Crippen LogP) is 0.842. The Kier molecular flexibility index (Phi) is 5.83. The van der Waals surface area contributed by atoms with Crippen molar-refractivity contribution >= 4 is 23.4 Å². The highest BCUT2D eigenvalue weighted by atomic mass is 16.5. The largest absolute Gasteiger partial charge is 0.497 e. The van der Waals surface area contributed by atoms with Crippen LogP contribution in [0.4, 0.5) is 5.69 Å². The summed E-state index contributed by atoms with van der Waals surface area (Å²) in [6.07, 6.45) is 2.50. The van der Waals surface area contributed by atoms with E-state index in [1.807, 2.05) is 0 Å². The summed E-state index contributed by atoms with van der Waals surface area (Å²) < 4.78 is 10.6. The molecular formula is C19H25N3O5. The van der Waals surface area contributed by atoms with Gasteiger partial charge in [0, 0.05) is 25.6 Å². The zero-order valence-corrected chi connectivity index (χ0v) is 15.6. The first-order chi connectivity index (χ1) is 13.0. The van der Waals surface area contributed by atoms with E-state index in [1.54, 1.807) is 30.2 Å². The molecule has 2 saturated heterocycles. The molecule has 3 amide bonds. The van der Waals surface area contributed by atoms with E-state index in [1.165, 1.54) is 7.11 Å². The van der Waals surface area contributed by atoms with Gasteiger partial charge in [-0.05, 0) is 31.4 Å². The maximum atomic E-state index is 12.6. The third kappa shape index (κ3) is 4.15. The Morgan fingerprint density at radius 3 is 2.78 bits per heavy atom.